The number of nitro benzene ring substituents is 1. The summed E-state index contributed by atoms with van der Waals surface area (Å²) in [5.74, 6) is -2.75. The molecule has 1 rings (SSSR count). The maximum Gasteiger partial charge on any atom is 0.300 e. The van der Waals surface area contributed by atoms with Crippen LogP contribution in [0.3, 0.4) is 0 Å². The average molecular weight is 184 g/mol. The summed E-state index contributed by atoms with van der Waals surface area (Å²) in [5, 5.41) is 10.2. The zero-order valence-electron chi connectivity index (χ0n) is 6.12. The number of hydrogen-bond donors (Lipinski definition) is 0. The van der Waals surface area contributed by atoms with E-state index in [2.05, 4.69) is 4.85 Å². The molecule has 0 saturated heterocycles. The van der Waals surface area contributed by atoms with Gasteiger partial charge in [-0.3, -0.25) is 10.1 Å². The van der Waals surface area contributed by atoms with Crippen LogP contribution in [0.1, 0.15) is 0 Å². The van der Waals surface area contributed by atoms with Crippen LogP contribution in [0, 0.1) is 28.3 Å². The van der Waals surface area contributed by atoms with Crippen molar-refractivity contribution in [3.63, 3.8) is 0 Å². The molecular weight excluding hydrogens is 182 g/mol. The van der Waals surface area contributed by atoms with Gasteiger partial charge in [0.05, 0.1) is 11.5 Å². The van der Waals surface area contributed by atoms with Crippen molar-refractivity contribution in [2.75, 3.05) is 0 Å². The standard InChI is InChI=1S/C7H2F2N2O2/c1-10-7-5(11(12)13)3-2-4(8)6(7)9/h2-3H. The van der Waals surface area contributed by atoms with Crippen LogP contribution in [0.2, 0.25) is 0 Å². The van der Waals surface area contributed by atoms with Crippen molar-refractivity contribution in [3.05, 3.63) is 45.3 Å². The van der Waals surface area contributed by atoms with Gasteiger partial charge >= 0.3 is 5.69 Å². The van der Waals surface area contributed by atoms with E-state index in [-0.39, 0.29) is 0 Å². The Morgan fingerprint density at radius 2 is 2.08 bits per heavy atom. The van der Waals surface area contributed by atoms with E-state index in [1.54, 1.807) is 0 Å². The van der Waals surface area contributed by atoms with Crippen molar-refractivity contribution >= 4 is 11.4 Å². The minimum absolute atomic E-state index is 0.613. The van der Waals surface area contributed by atoms with Crippen molar-refractivity contribution in [1.29, 1.82) is 0 Å². The molecule has 0 heterocycles. The molecule has 1 aromatic carbocycles. The summed E-state index contributed by atoms with van der Waals surface area (Å²) in [6.45, 7) is 6.43. The van der Waals surface area contributed by atoms with Crippen molar-refractivity contribution in [2.24, 2.45) is 0 Å². The van der Waals surface area contributed by atoms with Gasteiger partial charge in [0.1, 0.15) is 5.82 Å². The van der Waals surface area contributed by atoms with Crippen LogP contribution in [0.25, 0.3) is 4.85 Å². The number of nitrogens with zero attached hydrogens (tertiary/aromatic N) is 2. The Balaban J connectivity index is 3.50. The van der Waals surface area contributed by atoms with Crippen LogP contribution < -0.4 is 0 Å². The molecule has 0 amide bonds. The monoisotopic (exact) mass is 184 g/mol. The van der Waals surface area contributed by atoms with Gasteiger partial charge in [0.25, 0.3) is 5.69 Å². The van der Waals surface area contributed by atoms with Crippen molar-refractivity contribution < 1.29 is 13.7 Å². The lowest BCUT2D eigenvalue weighted by atomic mass is 10.2. The lowest BCUT2D eigenvalue weighted by Crippen LogP contribution is -1.92. The molecule has 0 fully saturated rings. The molecular formula is C7H2F2N2O2. The van der Waals surface area contributed by atoms with E-state index in [4.69, 9.17) is 6.57 Å². The van der Waals surface area contributed by atoms with Gasteiger partial charge in [-0.05, 0) is 6.07 Å². The number of hydrogen-bond acceptors (Lipinski definition) is 2. The van der Waals surface area contributed by atoms with Crippen LogP contribution >= 0.6 is 0 Å². The van der Waals surface area contributed by atoms with Gasteiger partial charge in [0.15, 0.2) is 5.82 Å². The van der Waals surface area contributed by atoms with Crippen LogP contribution in [-0.4, -0.2) is 4.92 Å². The summed E-state index contributed by atoms with van der Waals surface area (Å²) in [4.78, 5) is 11.8. The predicted octanol–water partition coefficient (Wildman–Crippen LogP) is 2.42. The van der Waals surface area contributed by atoms with Crippen molar-refractivity contribution in [2.45, 2.75) is 0 Å². The van der Waals surface area contributed by atoms with Gasteiger partial charge in [-0.15, -0.1) is 0 Å². The van der Waals surface area contributed by atoms with Gasteiger partial charge in [-0.2, -0.15) is 0 Å². The van der Waals surface area contributed by atoms with Crippen molar-refractivity contribution in [1.82, 2.24) is 0 Å². The van der Waals surface area contributed by atoms with Gasteiger partial charge in [-0.1, -0.05) is 0 Å². The second-order valence-corrected chi connectivity index (χ2v) is 2.10. The highest BCUT2D eigenvalue weighted by Crippen LogP contribution is 2.31. The molecule has 0 aliphatic heterocycles. The molecule has 0 atom stereocenters. The van der Waals surface area contributed by atoms with Gasteiger partial charge in [0.2, 0.25) is 0 Å². The minimum atomic E-state index is -1.48. The lowest BCUT2D eigenvalue weighted by Gasteiger charge is -1.96. The van der Waals surface area contributed by atoms with Gasteiger partial charge in [0, 0.05) is 6.07 Å². The largest absolute Gasteiger partial charge is 0.300 e. The van der Waals surface area contributed by atoms with E-state index in [0.29, 0.717) is 6.07 Å². The second kappa shape index (κ2) is 3.15. The van der Waals surface area contributed by atoms with Gasteiger partial charge < -0.3 is 0 Å². The number of benzene rings is 1. The summed E-state index contributed by atoms with van der Waals surface area (Å²) in [7, 11) is 0. The fourth-order valence-electron chi connectivity index (χ4n) is 0.783. The fraction of sp³-hybridized carbons (Fsp3) is 0. The average Bonchev–Trinajstić information content (AvgIpc) is 2.09. The highest BCUT2D eigenvalue weighted by molar-refractivity contribution is 5.63. The smallest absolute Gasteiger partial charge is 0.260 e. The summed E-state index contributed by atoms with van der Waals surface area (Å²) < 4.78 is 25.2. The Hall–Kier alpha value is -2.03. The molecule has 0 aliphatic carbocycles. The first-order valence-electron chi connectivity index (χ1n) is 3.07. The molecule has 0 aromatic heterocycles. The van der Waals surface area contributed by atoms with E-state index >= 15 is 0 Å². The SMILES string of the molecule is [C-]#[N+]c1c([N+](=O)[O-])ccc(F)c1F. The van der Waals surface area contributed by atoms with E-state index in [1.807, 2.05) is 0 Å². The number of nitro groups is 1. The Labute approximate surface area is 71.4 Å². The molecule has 1 aromatic rings. The summed E-state index contributed by atoms with van der Waals surface area (Å²) >= 11 is 0. The third-order valence-corrected chi connectivity index (χ3v) is 1.36. The molecule has 0 radical (unpaired) electrons. The van der Waals surface area contributed by atoms with Gasteiger partial charge in [-0.25, -0.2) is 13.6 Å². The predicted molar refractivity (Wildman–Crippen MR) is 39.3 cm³/mol. The maximum atomic E-state index is 12.7. The summed E-state index contributed by atoms with van der Waals surface area (Å²) in [6.07, 6.45) is 0. The number of halogens is 2. The maximum absolute atomic E-state index is 12.7. The second-order valence-electron chi connectivity index (χ2n) is 2.10. The molecule has 0 N–H and O–H groups in total. The highest BCUT2D eigenvalue weighted by atomic mass is 19.2. The van der Waals surface area contributed by atoms with Crippen LogP contribution in [0.5, 0.6) is 0 Å². The Morgan fingerprint density at radius 3 is 2.54 bits per heavy atom. The third-order valence-electron chi connectivity index (χ3n) is 1.36. The molecule has 6 heteroatoms. The molecule has 4 nitrogen and oxygen atoms in total. The van der Waals surface area contributed by atoms with Crippen LogP contribution in [-0.2, 0) is 0 Å². The van der Waals surface area contributed by atoms with Crippen LogP contribution in [0.4, 0.5) is 20.2 Å². The first-order valence-corrected chi connectivity index (χ1v) is 3.07. The Kier molecular flexibility index (Phi) is 2.19. The summed E-state index contributed by atoms with van der Waals surface area (Å²) in [5.41, 5.74) is -1.63. The Bertz CT molecular complexity index is 412. The van der Waals surface area contributed by atoms with E-state index in [9.17, 15) is 18.9 Å². The van der Waals surface area contributed by atoms with Crippen LogP contribution in [0.15, 0.2) is 12.1 Å². The quantitative estimate of drug-likeness (QED) is 0.382. The molecule has 66 valence electrons. The molecule has 0 spiro atoms. The highest BCUT2D eigenvalue weighted by Gasteiger charge is 2.21. The van der Waals surface area contributed by atoms with Crippen molar-refractivity contribution in [3.8, 4) is 0 Å². The lowest BCUT2D eigenvalue weighted by molar-refractivity contribution is -0.384. The fourth-order valence-corrected chi connectivity index (χ4v) is 0.783. The minimum Gasteiger partial charge on any atom is -0.260 e. The first kappa shape index (κ1) is 9.06. The zero-order chi connectivity index (χ0) is 10.0. The summed E-state index contributed by atoms with van der Waals surface area (Å²) in [6, 6.07) is 1.37. The normalized spacial score (nSPS) is 9.31. The molecule has 0 aliphatic rings. The molecule has 13 heavy (non-hydrogen) atoms. The third kappa shape index (κ3) is 1.44. The molecule has 0 bridgehead atoms. The van der Waals surface area contributed by atoms with E-state index in [1.165, 1.54) is 0 Å². The Morgan fingerprint density at radius 1 is 1.46 bits per heavy atom. The molecule has 0 unspecified atom stereocenters. The zero-order valence-corrected chi connectivity index (χ0v) is 6.12. The number of rotatable bonds is 1. The van der Waals surface area contributed by atoms with E-state index in [0.717, 1.165) is 6.07 Å². The van der Waals surface area contributed by atoms with E-state index < -0.39 is 27.9 Å². The first-order chi connectivity index (χ1) is 6.07. The molecule has 0 saturated carbocycles. The topological polar surface area (TPSA) is 47.5 Å².